The fraction of sp³-hybridized carbons (Fsp3) is 0.500. The van der Waals surface area contributed by atoms with E-state index in [1.165, 1.54) is 10.4 Å². The van der Waals surface area contributed by atoms with Gasteiger partial charge in [0.05, 0.1) is 0 Å². The highest BCUT2D eigenvalue weighted by molar-refractivity contribution is 7.91. The molecule has 1 aromatic heterocycles. The lowest BCUT2D eigenvalue weighted by Gasteiger charge is -2.32. The molecule has 0 unspecified atom stereocenters. The molecule has 2 heterocycles. The number of nitrogens with zero attached hydrogens (tertiary/aromatic N) is 2. The van der Waals surface area contributed by atoms with E-state index < -0.39 is 10.0 Å². The molecule has 0 amide bonds. The van der Waals surface area contributed by atoms with Crippen LogP contribution in [0.1, 0.15) is 11.8 Å². The van der Waals surface area contributed by atoms with Crippen LogP contribution in [0.15, 0.2) is 16.3 Å². The maximum Gasteiger partial charge on any atom is 0.252 e. The second kappa shape index (κ2) is 4.74. The summed E-state index contributed by atoms with van der Waals surface area (Å²) < 4.78 is 26.4. The highest BCUT2D eigenvalue weighted by atomic mass is 32.2. The topological polar surface area (TPSA) is 73.2 Å². The quantitative estimate of drug-likeness (QED) is 0.855. The van der Waals surface area contributed by atoms with Crippen molar-refractivity contribution in [1.82, 2.24) is 9.62 Å². The Balaban J connectivity index is 2.32. The van der Waals surface area contributed by atoms with Gasteiger partial charge in [-0.05, 0) is 19.1 Å². The third-order valence-corrected chi connectivity index (χ3v) is 6.17. The zero-order chi connectivity index (χ0) is 12.5. The smallest absolute Gasteiger partial charge is 0.252 e. The third-order valence-electron chi connectivity index (χ3n) is 2.69. The summed E-state index contributed by atoms with van der Waals surface area (Å²) in [7, 11) is -3.44. The molecule has 1 aromatic rings. The van der Waals surface area contributed by atoms with E-state index in [1.807, 2.05) is 13.0 Å². The van der Waals surface area contributed by atoms with Gasteiger partial charge < -0.3 is 5.32 Å². The average molecular weight is 271 g/mol. The second-order valence-corrected chi connectivity index (χ2v) is 7.10. The molecule has 0 bridgehead atoms. The van der Waals surface area contributed by atoms with E-state index in [4.69, 9.17) is 5.26 Å². The normalized spacial score (nSPS) is 22.2. The summed E-state index contributed by atoms with van der Waals surface area (Å²) in [5, 5.41) is 11.9. The van der Waals surface area contributed by atoms with Gasteiger partial charge in [0.25, 0.3) is 10.0 Å². The number of hydrogen-bond donors (Lipinski definition) is 1. The van der Waals surface area contributed by atoms with E-state index >= 15 is 0 Å². The minimum atomic E-state index is -3.44. The van der Waals surface area contributed by atoms with Gasteiger partial charge in [-0.15, -0.1) is 11.3 Å². The molecule has 7 heteroatoms. The van der Waals surface area contributed by atoms with Crippen molar-refractivity contribution in [3.05, 3.63) is 17.0 Å². The molecule has 0 aromatic carbocycles. The first-order valence-electron chi connectivity index (χ1n) is 5.28. The van der Waals surface area contributed by atoms with Crippen molar-refractivity contribution >= 4 is 21.4 Å². The molecule has 1 atom stereocenters. The Morgan fingerprint density at radius 2 is 2.35 bits per heavy atom. The van der Waals surface area contributed by atoms with Crippen LogP contribution in [0.2, 0.25) is 0 Å². The standard InChI is InChI=1S/C10H13N3O2S2/c1-8-7-12-4-5-13(8)17(14,15)10-3-2-9(6-11)16-10/h2-3,8,12H,4-5,7H2,1H3/t8-/m1/s1. The summed E-state index contributed by atoms with van der Waals surface area (Å²) in [6.45, 7) is 3.68. The number of nitrogens with one attached hydrogen (secondary N) is 1. The van der Waals surface area contributed by atoms with E-state index in [-0.39, 0.29) is 10.3 Å². The molecule has 5 nitrogen and oxygen atoms in total. The Labute approximate surface area is 105 Å². The fourth-order valence-electron chi connectivity index (χ4n) is 1.81. The highest BCUT2D eigenvalue weighted by Gasteiger charge is 2.31. The Hall–Kier alpha value is -0.940. The van der Waals surface area contributed by atoms with Crippen LogP contribution in [0.4, 0.5) is 0 Å². The molecule has 0 aliphatic carbocycles. The van der Waals surface area contributed by atoms with Crippen molar-refractivity contribution in [3.63, 3.8) is 0 Å². The van der Waals surface area contributed by atoms with Crippen molar-refractivity contribution in [2.75, 3.05) is 19.6 Å². The Bertz CT molecular complexity index is 544. The van der Waals surface area contributed by atoms with Crippen LogP contribution in [-0.4, -0.2) is 38.4 Å². The molecule has 92 valence electrons. The van der Waals surface area contributed by atoms with Crippen LogP contribution < -0.4 is 5.32 Å². The van der Waals surface area contributed by atoms with E-state index in [0.29, 0.717) is 24.5 Å². The predicted octanol–water partition coefficient (Wildman–Crippen LogP) is 0.602. The summed E-state index contributed by atoms with van der Waals surface area (Å²) in [5.74, 6) is 0. The summed E-state index contributed by atoms with van der Waals surface area (Å²) in [6.07, 6.45) is 0. The zero-order valence-corrected chi connectivity index (χ0v) is 11.0. The Morgan fingerprint density at radius 3 is 2.94 bits per heavy atom. The van der Waals surface area contributed by atoms with Gasteiger partial charge in [-0.2, -0.15) is 9.57 Å². The first kappa shape index (κ1) is 12.5. The van der Waals surface area contributed by atoms with E-state index in [2.05, 4.69) is 5.32 Å². The second-order valence-electron chi connectivity index (χ2n) is 3.90. The minimum Gasteiger partial charge on any atom is -0.314 e. The van der Waals surface area contributed by atoms with Crippen molar-refractivity contribution in [2.24, 2.45) is 0 Å². The van der Waals surface area contributed by atoms with Crippen LogP contribution in [0.5, 0.6) is 0 Å². The number of nitriles is 1. The number of hydrogen-bond acceptors (Lipinski definition) is 5. The van der Waals surface area contributed by atoms with Gasteiger partial charge in [0.2, 0.25) is 0 Å². The lowest BCUT2D eigenvalue weighted by molar-refractivity contribution is 0.284. The van der Waals surface area contributed by atoms with Gasteiger partial charge in [-0.25, -0.2) is 8.42 Å². The van der Waals surface area contributed by atoms with Crippen molar-refractivity contribution < 1.29 is 8.42 Å². The molecular weight excluding hydrogens is 258 g/mol. The van der Waals surface area contributed by atoms with Crippen LogP contribution >= 0.6 is 11.3 Å². The van der Waals surface area contributed by atoms with Crippen LogP contribution in [0.25, 0.3) is 0 Å². The summed E-state index contributed by atoms with van der Waals surface area (Å²) in [4.78, 5) is 0.423. The monoisotopic (exact) mass is 271 g/mol. The number of rotatable bonds is 2. The lowest BCUT2D eigenvalue weighted by Crippen LogP contribution is -2.51. The molecule has 2 rings (SSSR count). The van der Waals surface area contributed by atoms with Crippen molar-refractivity contribution in [1.29, 1.82) is 5.26 Å². The predicted molar refractivity (Wildman–Crippen MR) is 65.3 cm³/mol. The summed E-state index contributed by atoms with van der Waals surface area (Å²) in [5.41, 5.74) is 0. The molecule has 1 saturated heterocycles. The molecule has 17 heavy (non-hydrogen) atoms. The molecule has 1 N–H and O–H groups in total. The van der Waals surface area contributed by atoms with Crippen molar-refractivity contribution in [2.45, 2.75) is 17.2 Å². The molecule has 0 radical (unpaired) electrons. The Kier molecular flexibility index (Phi) is 3.49. The van der Waals surface area contributed by atoms with Gasteiger partial charge in [-0.1, -0.05) is 0 Å². The molecule has 0 saturated carbocycles. The summed E-state index contributed by atoms with van der Waals surface area (Å²) >= 11 is 1.02. The first-order valence-corrected chi connectivity index (χ1v) is 7.54. The SMILES string of the molecule is C[C@@H]1CNCCN1S(=O)(=O)c1ccc(C#N)s1. The van der Waals surface area contributed by atoms with Gasteiger partial charge in [0.1, 0.15) is 15.2 Å². The van der Waals surface area contributed by atoms with E-state index in [1.54, 1.807) is 6.07 Å². The van der Waals surface area contributed by atoms with Gasteiger partial charge in [0.15, 0.2) is 0 Å². The number of thiophene rings is 1. The van der Waals surface area contributed by atoms with Gasteiger partial charge in [-0.3, -0.25) is 0 Å². The molecular formula is C10H13N3O2S2. The number of piperazine rings is 1. The zero-order valence-electron chi connectivity index (χ0n) is 9.38. The molecule has 1 aliphatic rings. The van der Waals surface area contributed by atoms with Gasteiger partial charge >= 0.3 is 0 Å². The Morgan fingerprint density at radius 1 is 1.59 bits per heavy atom. The maximum atomic E-state index is 12.3. The van der Waals surface area contributed by atoms with Crippen LogP contribution in [-0.2, 0) is 10.0 Å². The van der Waals surface area contributed by atoms with E-state index in [0.717, 1.165) is 11.3 Å². The fourth-order valence-corrected chi connectivity index (χ4v) is 4.68. The van der Waals surface area contributed by atoms with Gasteiger partial charge in [0, 0.05) is 25.7 Å². The lowest BCUT2D eigenvalue weighted by atomic mass is 10.3. The largest absolute Gasteiger partial charge is 0.314 e. The maximum absolute atomic E-state index is 12.3. The van der Waals surface area contributed by atoms with Crippen molar-refractivity contribution in [3.8, 4) is 6.07 Å². The average Bonchev–Trinajstić information content (AvgIpc) is 2.78. The molecule has 1 fully saturated rings. The third kappa shape index (κ3) is 2.35. The van der Waals surface area contributed by atoms with Crippen LogP contribution in [0, 0.1) is 11.3 Å². The van der Waals surface area contributed by atoms with E-state index in [9.17, 15) is 8.42 Å². The minimum absolute atomic E-state index is 0.0543. The summed E-state index contributed by atoms with van der Waals surface area (Å²) in [6, 6.07) is 4.96. The number of sulfonamides is 1. The molecule has 0 spiro atoms. The first-order chi connectivity index (χ1) is 8.05. The highest BCUT2D eigenvalue weighted by Crippen LogP contribution is 2.26. The van der Waals surface area contributed by atoms with Crippen LogP contribution in [0.3, 0.4) is 0 Å². The molecule has 1 aliphatic heterocycles.